The Bertz CT molecular complexity index is 1180. The highest BCUT2D eigenvalue weighted by Crippen LogP contribution is 2.25. The van der Waals surface area contributed by atoms with Crippen molar-refractivity contribution in [1.82, 2.24) is 24.7 Å². The zero-order valence-electron chi connectivity index (χ0n) is 17.0. The molecule has 31 heavy (non-hydrogen) atoms. The first-order valence-corrected chi connectivity index (χ1v) is 11.3. The smallest absolute Gasteiger partial charge is 0.230 e. The molecule has 0 fully saturated rings. The molecule has 0 radical (unpaired) electrons. The fourth-order valence-corrected chi connectivity index (χ4v) is 4.59. The number of fused-ring (bicyclic) bond motifs is 1. The van der Waals surface area contributed by atoms with Crippen LogP contribution in [0.4, 0.5) is 5.69 Å². The highest BCUT2D eigenvalue weighted by molar-refractivity contribution is 7.13. The molecule has 8 heteroatoms. The molecule has 1 aromatic carbocycles. The van der Waals surface area contributed by atoms with Gasteiger partial charge in [-0.15, -0.1) is 21.5 Å². The Morgan fingerprint density at radius 3 is 2.81 bits per heavy atom. The topological polar surface area (TPSA) is 85.6 Å². The third-order valence-corrected chi connectivity index (χ3v) is 6.28. The molecule has 5 rings (SSSR count). The van der Waals surface area contributed by atoms with Gasteiger partial charge in [-0.3, -0.25) is 9.78 Å². The molecular weight excluding hydrogens is 408 g/mol. The molecule has 4 aromatic rings. The summed E-state index contributed by atoms with van der Waals surface area (Å²) in [5.41, 5.74) is 3.48. The second-order valence-electron chi connectivity index (χ2n) is 7.59. The maximum Gasteiger partial charge on any atom is 0.230 e. The zero-order chi connectivity index (χ0) is 21.0. The van der Waals surface area contributed by atoms with Crippen LogP contribution in [0.15, 0.2) is 54.2 Å². The molecular formula is C23H22N6OS. The van der Waals surface area contributed by atoms with E-state index in [1.165, 1.54) is 24.2 Å². The summed E-state index contributed by atoms with van der Waals surface area (Å²) in [5, 5.41) is 14.5. The third-order valence-electron chi connectivity index (χ3n) is 5.34. The summed E-state index contributed by atoms with van der Waals surface area (Å²) in [6.45, 7) is 0.963. The Balaban J connectivity index is 1.24. The van der Waals surface area contributed by atoms with Crippen LogP contribution in [0.25, 0.3) is 22.0 Å². The third kappa shape index (κ3) is 4.39. The molecule has 0 unspecified atom stereocenters. The molecule has 156 valence electrons. The number of nitrogens with one attached hydrogen (secondary N) is 1. The van der Waals surface area contributed by atoms with Gasteiger partial charge in [0.15, 0.2) is 5.82 Å². The number of benzene rings is 1. The number of carbonyl (C=O) groups is 1. The van der Waals surface area contributed by atoms with Crippen LogP contribution in [0.3, 0.4) is 0 Å². The maximum absolute atomic E-state index is 12.5. The van der Waals surface area contributed by atoms with Crippen molar-refractivity contribution in [3.8, 4) is 22.0 Å². The molecule has 1 amide bonds. The Labute approximate surface area is 184 Å². The Kier molecular flexibility index (Phi) is 5.54. The predicted octanol–water partition coefficient (Wildman–Crippen LogP) is 4.37. The minimum atomic E-state index is -0.0906. The van der Waals surface area contributed by atoms with Crippen LogP contribution in [-0.2, 0) is 24.2 Å². The van der Waals surface area contributed by atoms with Crippen molar-refractivity contribution in [2.75, 3.05) is 5.32 Å². The number of hydrogen-bond acceptors (Lipinski definition) is 6. The van der Waals surface area contributed by atoms with E-state index < -0.39 is 0 Å². The van der Waals surface area contributed by atoms with Crippen LogP contribution in [0.5, 0.6) is 0 Å². The van der Waals surface area contributed by atoms with Gasteiger partial charge < -0.3 is 9.88 Å². The van der Waals surface area contributed by atoms with E-state index in [2.05, 4.69) is 30.0 Å². The highest BCUT2D eigenvalue weighted by Gasteiger charge is 2.16. The SMILES string of the molecule is O=C(Cc1csc(-c2cccnc2)n1)Nc1ccc(-c2nnc3n2CCCCC3)cc1. The van der Waals surface area contributed by atoms with Crippen LogP contribution in [0.2, 0.25) is 0 Å². The first-order chi connectivity index (χ1) is 15.3. The minimum Gasteiger partial charge on any atom is -0.326 e. The Hall–Kier alpha value is -3.39. The summed E-state index contributed by atoms with van der Waals surface area (Å²) < 4.78 is 2.22. The van der Waals surface area contributed by atoms with Gasteiger partial charge in [0, 0.05) is 47.6 Å². The number of thiazole rings is 1. The summed E-state index contributed by atoms with van der Waals surface area (Å²) in [6, 6.07) is 11.6. The van der Waals surface area contributed by atoms with Gasteiger partial charge >= 0.3 is 0 Å². The number of aromatic nitrogens is 5. The van der Waals surface area contributed by atoms with Crippen LogP contribution in [0, 0.1) is 0 Å². The predicted molar refractivity (Wildman–Crippen MR) is 121 cm³/mol. The molecule has 0 saturated carbocycles. The number of nitrogens with zero attached hydrogens (tertiary/aromatic N) is 5. The van der Waals surface area contributed by atoms with E-state index in [4.69, 9.17) is 0 Å². The quantitative estimate of drug-likeness (QED) is 0.508. The number of rotatable bonds is 5. The van der Waals surface area contributed by atoms with E-state index in [1.54, 1.807) is 12.4 Å². The number of amides is 1. The van der Waals surface area contributed by atoms with Gasteiger partial charge in [0.25, 0.3) is 0 Å². The number of anilines is 1. The molecule has 3 aromatic heterocycles. The summed E-state index contributed by atoms with van der Waals surface area (Å²) in [6.07, 6.45) is 8.29. The highest BCUT2D eigenvalue weighted by atomic mass is 32.1. The number of pyridine rings is 1. The van der Waals surface area contributed by atoms with Crippen molar-refractivity contribution < 1.29 is 4.79 Å². The first kappa shape index (κ1) is 19.6. The van der Waals surface area contributed by atoms with Crippen molar-refractivity contribution >= 4 is 22.9 Å². The average Bonchev–Trinajstić information content (AvgIpc) is 3.35. The normalized spacial score (nSPS) is 13.4. The number of carbonyl (C=O) groups excluding carboxylic acids is 1. The van der Waals surface area contributed by atoms with Crippen LogP contribution in [-0.4, -0.2) is 30.6 Å². The van der Waals surface area contributed by atoms with E-state index in [-0.39, 0.29) is 12.3 Å². The van der Waals surface area contributed by atoms with Crippen molar-refractivity contribution in [2.45, 2.75) is 38.6 Å². The van der Waals surface area contributed by atoms with Gasteiger partial charge in [0.2, 0.25) is 5.91 Å². The van der Waals surface area contributed by atoms with E-state index in [9.17, 15) is 4.79 Å². The molecule has 4 heterocycles. The van der Waals surface area contributed by atoms with Crippen LogP contribution in [0.1, 0.15) is 30.8 Å². The largest absolute Gasteiger partial charge is 0.326 e. The Morgan fingerprint density at radius 2 is 1.97 bits per heavy atom. The molecule has 0 spiro atoms. The summed E-state index contributed by atoms with van der Waals surface area (Å²) in [4.78, 5) is 21.2. The van der Waals surface area contributed by atoms with Crippen molar-refractivity contribution in [1.29, 1.82) is 0 Å². The standard InChI is InChI=1S/C23H22N6OS/c30-21(13-19-15-31-23(26-19)17-5-4-11-24-14-17)25-18-9-7-16(8-10-18)22-28-27-20-6-2-1-3-12-29(20)22/h4-5,7-11,14-15H,1-3,6,12-13H2,(H,25,30). The molecule has 1 aliphatic rings. The van der Waals surface area contributed by atoms with Crippen molar-refractivity contribution in [3.05, 3.63) is 65.7 Å². The molecule has 0 aliphatic carbocycles. The lowest BCUT2D eigenvalue weighted by molar-refractivity contribution is -0.115. The number of hydrogen-bond donors (Lipinski definition) is 1. The monoisotopic (exact) mass is 430 g/mol. The molecule has 0 saturated heterocycles. The van der Waals surface area contributed by atoms with Gasteiger partial charge in [-0.05, 0) is 49.2 Å². The van der Waals surface area contributed by atoms with Crippen LogP contribution < -0.4 is 5.32 Å². The van der Waals surface area contributed by atoms with Gasteiger partial charge in [0.05, 0.1) is 12.1 Å². The second kappa shape index (κ2) is 8.77. The fraction of sp³-hybridized carbons (Fsp3) is 0.261. The average molecular weight is 431 g/mol. The molecule has 1 aliphatic heterocycles. The fourth-order valence-electron chi connectivity index (χ4n) is 3.78. The van der Waals surface area contributed by atoms with Gasteiger partial charge in [0.1, 0.15) is 10.8 Å². The van der Waals surface area contributed by atoms with Crippen molar-refractivity contribution in [2.24, 2.45) is 0 Å². The lowest BCUT2D eigenvalue weighted by atomic mass is 10.2. The Morgan fingerprint density at radius 1 is 1.06 bits per heavy atom. The van der Waals surface area contributed by atoms with Gasteiger partial charge in [-0.1, -0.05) is 6.42 Å². The van der Waals surface area contributed by atoms with Gasteiger partial charge in [-0.2, -0.15) is 0 Å². The van der Waals surface area contributed by atoms with E-state index in [1.807, 2.05) is 41.8 Å². The van der Waals surface area contributed by atoms with Crippen molar-refractivity contribution in [3.63, 3.8) is 0 Å². The lowest BCUT2D eigenvalue weighted by Crippen LogP contribution is -2.14. The lowest BCUT2D eigenvalue weighted by Gasteiger charge is -2.08. The number of aryl methyl sites for hydroxylation is 1. The summed E-state index contributed by atoms with van der Waals surface area (Å²) >= 11 is 1.52. The van der Waals surface area contributed by atoms with E-state index in [0.29, 0.717) is 0 Å². The molecule has 7 nitrogen and oxygen atoms in total. The van der Waals surface area contributed by atoms with E-state index in [0.717, 1.165) is 58.6 Å². The van der Waals surface area contributed by atoms with Gasteiger partial charge in [-0.25, -0.2) is 4.98 Å². The maximum atomic E-state index is 12.5. The van der Waals surface area contributed by atoms with Crippen LogP contribution >= 0.6 is 11.3 Å². The minimum absolute atomic E-state index is 0.0906. The molecule has 1 N–H and O–H groups in total. The molecule has 0 atom stereocenters. The summed E-state index contributed by atoms with van der Waals surface area (Å²) in [7, 11) is 0. The molecule has 0 bridgehead atoms. The zero-order valence-corrected chi connectivity index (χ0v) is 17.8. The van der Waals surface area contributed by atoms with E-state index >= 15 is 0 Å². The first-order valence-electron chi connectivity index (χ1n) is 10.4. The second-order valence-corrected chi connectivity index (χ2v) is 8.45. The summed E-state index contributed by atoms with van der Waals surface area (Å²) in [5.74, 6) is 1.88.